The number of hydrogen-bond donors (Lipinski definition) is 2. The van der Waals surface area contributed by atoms with E-state index in [1.165, 1.54) is 5.56 Å². The van der Waals surface area contributed by atoms with E-state index in [0.717, 1.165) is 11.3 Å². The number of nitrogens with one attached hydrogen (secondary N) is 2. The van der Waals surface area contributed by atoms with Gasteiger partial charge >= 0.3 is 0 Å². The van der Waals surface area contributed by atoms with Crippen LogP contribution in [0, 0.1) is 6.92 Å². The number of benzene rings is 1. The number of aliphatic imine (C=N–C) groups is 1. The molecule has 1 rings (SSSR count). The Kier molecular flexibility index (Phi) is 11.2. The molecule has 0 radical (unpaired) electrons. The van der Waals surface area contributed by atoms with Gasteiger partial charge in [-0.1, -0.05) is 12.1 Å². The molecular weight excluding hydrogens is 431 g/mol. The van der Waals surface area contributed by atoms with Crippen LogP contribution in [0.25, 0.3) is 0 Å². The summed E-state index contributed by atoms with van der Waals surface area (Å²) in [6, 6.07) is 6.17. The lowest BCUT2D eigenvalue weighted by atomic mass is 10.1. The quantitative estimate of drug-likeness (QED) is 0.372. The lowest BCUT2D eigenvalue weighted by Gasteiger charge is -2.17. The summed E-state index contributed by atoms with van der Waals surface area (Å²) in [4.78, 5) is 17.3. The van der Waals surface area contributed by atoms with Crippen molar-refractivity contribution in [1.82, 2.24) is 15.5 Å². The van der Waals surface area contributed by atoms with Crippen molar-refractivity contribution in [2.45, 2.75) is 39.8 Å². The SMILES string of the molecule is CN=C(NCCC(=O)N(C)C)NCc1ccc(C)cc1OC(C)C.I. The third-order valence-electron chi connectivity index (χ3n) is 3.39. The van der Waals surface area contributed by atoms with Gasteiger partial charge in [0.15, 0.2) is 5.96 Å². The first-order chi connectivity index (χ1) is 11.3. The van der Waals surface area contributed by atoms with Crippen LogP contribution in [0.3, 0.4) is 0 Å². The smallest absolute Gasteiger partial charge is 0.223 e. The van der Waals surface area contributed by atoms with Crippen molar-refractivity contribution in [3.63, 3.8) is 0 Å². The molecule has 0 spiro atoms. The van der Waals surface area contributed by atoms with Crippen LogP contribution in [0.4, 0.5) is 0 Å². The predicted molar refractivity (Wildman–Crippen MR) is 114 cm³/mol. The van der Waals surface area contributed by atoms with Gasteiger partial charge in [0, 0.05) is 46.2 Å². The first-order valence-electron chi connectivity index (χ1n) is 8.24. The van der Waals surface area contributed by atoms with Gasteiger partial charge in [-0.2, -0.15) is 0 Å². The predicted octanol–water partition coefficient (Wildman–Crippen LogP) is 2.54. The molecule has 0 aliphatic carbocycles. The van der Waals surface area contributed by atoms with Crippen LogP contribution in [0.5, 0.6) is 5.75 Å². The Morgan fingerprint density at radius 2 is 1.96 bits per heavy atom. The number of rotatable bonds is 7. The summed E-state index contributed by atoms with van der Waals surface area (Å²) in [7, 11) is 5.22. The number of carbonyl (C=O) groups excluding carboxylic acids is 1. The molecule has 1 aromatic carbocycles. The number of nitrogens with zero attached hydrogens (tertiary/aromatic N) is 2. The van der Waals surface area contributed by atoms with Crippen LogP contribution in [0.1, 0.15) is 31.4 Å². The van der Waals surface area contributed by atoms with Crippen molar-refractivity contribution in [3.8, 4) is 5.75 Å². The van der Waals surface area contributed by atoms with Crippen LogP contribution in [0.15, 0.2) is 23.2 Å². The number of ether oxygens (including phenoxy) is 1. The molecule has 0 bridgehead atoms. The number of carbonyl (C=O) groups is 1. The van der Waals surface area contributed by atoms with Gasteiger partial charge in [0.05, 0.1) is 6.10 Å². The maximum absolute atomic E-state index is 11.6. The summed E-state index contributed by atoms with van der Waals surface area (Å²) in [6.07, 6.45) is 0.556. The minimum atomic E-state index is 0. The van der Waals surface area contributed by atoms with Gasteiger partial charge in [0.1, 0.15) is 5.75 Å². The summed E-state index contributed by atoms with van der Waals surface area (Å²) < 4.78 is 5.88. The second-order valence-electron chi connectivity index (χ2n) is 6.17. The lowest BCUT2D eigenvalue weighted by molar-refractivity contribution is -0.128. The van der Waals surface area contributed by atoms with Crippen LogP contribution in [-0.2, 0) is 11.3 Å². The van der Waals surface area contributed by atoms with Crippen molar-refractivity contribution in [1.29, 1.82) is 0 Å². The molecule has 0 aliphatic heterocycles. The average molecular weight is 462 g/mol. The van der Waals surface area contributed by atoms with E-state index in [2.05, 4.69) is 27.8 Å². The Balaban J connectivity index is 0.00000576. The molecule has 0 unspecified atom stereocenters. The molecule has 0 aliphatic rings. The van der Waals surface area contributed by atoms with Crippen molar-refractivity contribution in [2.24, 2.45) is 4.99 Å². The molecule has 0 atom stereocenters. The number of guanidine groups is 1. The number of hydrogen-bond acceptors (Lipinski definition) is 3. The normalized spacial score (nSPS) is 10.9. The van der Waals surface area contributed by atoms with Gasteiger partial charge < -0.3 is 20.3 Å². The van der Waals surface area contributed by atoms with Crippen molar-refractivity contribution < 1.29 is 9.53 Å². The highest BCUT2D eigenvalue weighted by Crippen LogP contribution is 2.21. The molecule has 2 N–H and O–H groups in total. The maximum atomic E-state index is 11.6. The second-order valence-corrected chi connectivity index (χ2v) is 6.17. The van der Waals surface area contributed by atoms with Gasteiger partial charge in [-0.25, -0.2) is 0 Å². The van der Waals surface area contributed by atoms with Crippen molar-refractivity contribution >= 4 is 35.8 Å². The average Bonchev–Trinajstić information content (AvgIpc) is 2.51. The highest BCUT2D eigenvalue weighted by molar-refractivity contribution is 14.0. The van der Waals surface area contributed by atoms with Crippen molar-refractivity contribution in [2.75, 3.05) is 27.7 Å². The first-order valence-corrected chi connectivity index (χ1v) is 8.24. The Hall–Kier alpha value is -1.51. The largest absolute Gasteiger partial charge is 0.491 e. The van der Waals surface area contributed by atoms with Gasteiger partial charge in [0.2, 0.25) is 5.91 Å². The van der Waals surface area contributed by atoms with E-state index in [4.69, 9.17) is 4.74 Å². The van der Waals surface area contributed by atoms with Gasteiger partial charge in [-0.15, -0.1) is 24.0 Å². The molecule has 0 aromatic heterocycles. The summed E-state index contributed by atoms with van der Waals surface area (Å²) in [6.45, 7) is 7.22. The Labute approximate surface area is 168 Å². The molecule has 0 saturated heterocycles. The molecule has 1 aromatic rings. The van der Waals surface area contributed by atoms with Crippen molar-refractivity contribution in [3.05, 3.63) is 29.3 Å². The van der Waals surface area contributed by atoms with E-state index in [9.17, 15) is 4.79 Å². The zero-order valence-corrected chi connectivity index (χ0v) is 18.4. The zero-order valence-electron chi connectivity index (χ0n) is 16.0. The fraction of sp³-hybridized carbons (Fsp3) is 0.556. The van der Waals surface area contributed by atoms with E-state index in [-0.39, 0.29) is 36.0 Å². The summed E-state index contributed by atoms with van der Waals surface area (Å²) in [5, 5.41) is 6.40. The van der Waals surface area contributed by atoms with Gasteiger partial charge in [-0.3, -0.25) is 9.79 Å². The zero-order chi connectivity index (χ0) is 18.1. The lowest BCUT2D eigenvalue weighted by Crippen LogP contribution is -2.38. The molecule has 7 heteroatoms. The second kappa shape index (κ2) is 11.9. The van der Waals surface area contributed by atoms with Crippen LogP contribution >= 0.6 is 24.0 Å². The summed E-state index contributed by atoms with van der Waals surface area (Å²) >= 11 is 0. The molecule has 25 heavy (non-hydrogen) atoms. The van der Waals surface area contributed by atoms with E-state index < -0.39 is 0 Å². The first kappa shape index (κ1) is 23.5. The highest BCUT2D eigenvalue weighted by Gasteiger charge is 2.08. The van der Waals surface area contributed by atoms with E-state index >= 15 is 0 Å². The molecular formula is C18H31IN4O2. The molecule has 0 fully saturated rings. The van der Waals surface area contributed by atoms with Crippen LogP contribution < -0.4 is 15.4 Å². The van der Waals surface area contributed by atoms with Gasteiger partial charge in [-0.05, 0) is 32.4 Å². The minimum Gasteiger partial charge on any atom is -0.491 e. The summed E-state index contributed by atoms with van der Waals surface area (Å²) in [5.74, 6) is 1.64. The Bertz CT molecular complexity index is 574. The van der Waals surface area contributed by atoms with E-state index in [0.29, 0.717) is 25.5 Å². The number of aryl methyl sites for hydroxylation is 1. The molecule has 0 saturated carbocycles. The summed E-state index contributed by atoms with van der Waals surface area (Å²) in [5.41, 5.74) is 2.24. The minimum absolute atomic E-state index is 0. The number of amides is 1. The molecule has 0 heterocycles. The van der Waals surface area contributed by atoms with E-state index in [1.807, 2.05) is 26.8 Å². The topological polar surface area (TPSA) is 66.0 Å². The van der Waals surface area contributed by atoms with Crippen LogP contribution in [0.2, 0.25) is 0 Å². The van der Waals surface area contributed by atoms with E-state index in [1.54, 1.807) is 26.0 Å². The Morgan fingerprint density at radius 1 is 1.28 bits per heavy atom. The third kappa shape index (κ3) is 8.94. The maximum Gasteiger partial charge on any atom is 0.223 e. The fourth-order valence-electron chi connectivity index (χ4n) is 2.08. The number of halogens is 1. The standard InChI is InChI=1S/C18H30N4O2.HI/c1-13(2)24-16-11-14(3)7-8-15(16)12-21-18(19-4)20-10-9-17(23)22(5)6;/h7-8,11,13H,9-10,12H2,1-6H3,(H2,19,20,21);1H. The fourth-order valence-corrected chi connectivity index (χ4v) is 2.08. The molecule has 1 amide bonds. The van der Waals surface area contributed by atoms with Crippen LogP contribution in [-0.4, -0.2) is 50.6 Å². The third-order valence-corrected chi connectivity index (χ3v) is 3.39. The monoisotopic (exact) mass is 462 g/mol. The highest BCUT2D eigenvalue weighted by atomic mass is 127. The van der Waals surface area contributed by atoms with Gasteiger partial charge in [0.25, 0.3) is 0 Å². The molecule has 6 nitrogen and oxygen atoms in total. The molecule has 142 valence electrons. The Morgan fingerprint density at radius 3 is 2.52 bits per heavy atom.